The maximum atomic E-state index is 13.5. The molecule has 1 saturated heterocycles. The number of fused-ring (bicyclic) bond motifs is 1. The van der Waals surface area contributed by atoms with Gasteiger partial charge in [-0.05, 0) is 55.8 Å². The van der Waals surface area contributed by atoms with Crippen molar-refractivity contribution >= 4 is 34.8 Å². The van der Waals surface area contributed by atoms with Crippen molar-refractivity contribution in [3.05, 3.63) is 42.0 Å². The van der Waals surface area contributed by atoms with Crippen molar-refractivity contribution in [2.45, 2.75) is 25.7 Å². The zero-order chi connectivity index (χ0) is 21.6. The molecule has 1 aliphatic heterocycles. The molecule has 10 heteroatoms. The summed E-state index contributed by atoms with van der Waals surface area (Å²) in [5, 5.41) is 15.3. The van der Waals surface area contributed by atoms with Gasteiger partial charge in [-0.15, -0.1) is 22.6 Å². The summed E-state index contributed by atoms with van der Waals surface area (Å²) >= 11 is 0. The number of anilines is 2. The van der Waals surface area contributed by atoms with Gasteiger partial charge in [0.2, 0.25) is 0 Å². The van der Waals surface area contributed by atoms with Crippen molar-refractivity contribution in [2.75, 3.05) is 38.7 Å². The lowest BCUT2D eigenvalue weighted by Gasteiger charge is -2.26. The Hall–Kier alpha value is -2.78. The number of rotatable bonds is 8. The van der Waals surface area contributed by atoms with E-state index in [4.69, 9.17) is 9.47 Å². The highest BCUT2D eigenvalue weighted by atomic mass is 35.5. The summed E-state index contributed by atoms with van der Waals surface area (Å²) in [7, 11) is 1.55. The first kappa shape index (κ1) is 23.9. The number of halogens is 3. The molecule has 1 fully saturated rings. The quantitative estimate of drug-likeness (QED) is 0.482. The van der Waals surface area contributed by atoms with Gasteiger partial charge in [-0.2, -0.15) is 0 Å². The molecule has 3 aromatic rings. The Labute approximate surface area is 191 Å². The number of likely N-dealkylation sites (tertiary alicyclic amines) is 1. The number of hydrogen-bond donors (Lipinski definition) is 1. The van der Waals surface area contributed by atoms with Crippen LogP contribution < -0.4 is 14.8 Å². The molecule has 0 radical (unpaired) electrons. The molecule has 0 unspecified atom stereocenters. The lowest BCUT2D eigenvalue weighted by molar-refractivity contribution is 0.203. The van der Waals surface area contributed by atoms with Crippen LogP contribution in [0.3, 0.4) is 0 Å². The second-order valence-corrected chi connectivity index (χ2v) is 7.55. The Bertz CT molecular complexity index is 1030. The van der Waals surface area contributed by atoms with Gasteiger partial charge in [-0.3, -0.25) is 0 Å². The summed E-state index contributed by atoms with van der Waals surface area (Å²) in [5.74, 6) is 0.0221. The van der Waals surface area contributed by atoms with E-state index in [0.717, 1.165) is 32.1 Å². The molecular weight excluding hydrogens is 440 g/mol. The van der Waals surface area contributed by atoms with E-state index in [9.17, 15) is 8.78 Å². The molecule has 0 bridgehead atoms. The average Bonchev–Trinajstić information content (AvgIpc) is 2.76. The fraction of sp³-hybridized carbons (Fsp3) is 0.409. The molecule has 4 rings (SSSR count). The Morgan fingerprint density at radius 2 is 1.72 bits per heavy atom. The predicted molar refractivity (Wildman–Crippen MR) is 121 cm³/mol. The summed E-state index contributed by atoms with van der Waals surface area (Å²) in [6.07, 6.45) is 4.78. The third kappa shape index (κ3) is 5.92. The minimum atomic E-state index is -0.688. The number of benzene rings is 2. The van der Waals surface area contributed by atoms with Gasteiger partial charge in [-0.1, -0.05) is 6.42 Å². The van der Waals surface area contributed by atoms with Gasteiger partial charge in [0.1, 0.15) is 17.2 Å². The second-order valence-electron chi connectivity index (χ2n) is 7.55. The number of ether oxygens (including phenoxy) is 2. The van der Waals surface area contributed by atoms with Crippen molar-refractivity contribution in [1.29, 1.82) is 0 Å². The van der Waals surface area contributed by atoms with E-state index in [1.165, 1.54) is 31.4 Å². The summed E-state index contributed by atoms with van der Waals surface area (Å²) < 4.78 is 38.5. The molecule has 0 amide bonds. The summed E-state index contributed by atoms with van der Waals surface area (Å²) in [6, 6.07) is 6.62. The zero-order valence-electron chi connectivity index (χ0n) is 17.8. The smallest absolute Gasteiger partial charge is 0.164 e. The monoisotopic (exact) mass is 465 g/mol. The molecule has 0 spiro atoms. The number of nitrogens with zero attached hydrogens (tertiary/aromatic N) is 4. The molecule has 2 heterocycles. The lowest BCUT2D eigenvalue weighted by Crippen LogP contribution is -2.31. The molecule has 0 aliphatic carbocycles. The average molecular weight is 466 g/mol. The minimum Gasteiger partial charge on any atom is -0.493 e. The van der Waals surface area contributed by atoms with Crippen molar-refractivity contribution in [3.8, 4) is 11.5 Å². The minimum absolute atomic E-state index is 0. The first-order valence-electron chi connectivity index (χ1n) is 10.4. The number of methoxy groups -OCH3 is 1. The Kier molecular flexibility index (Phi) is 8.35. The highest BCUT2D eigenvalue weighted by Crippen LogP contribution is 2.34. The standard InChI is InChI=1S/C22H25F2N5O2.ClH/c1-30-20-13-18-19(14-21(20)31-9-5-8-29-6-3-2-4-7-29)26-28-27-22(18)25-17-11-15(23)10-16(24)12-17;/h10-14H,2-9H2,1H3,(H,25,26,27);1H. The Balaban J connectivity index is 0.00000289. The molecule has 172 valence electrons. The third-order valence-corrected chi connectivity index (χ3v) is 5.28. The van der Waals surface area contributed by atoms with E-state index in [0.29, 0.717) is 34.8 Å². The van der Waals surface area contributed by atoms with Crippen LogP contribution in [-0.4, -0.2) is 53.7 Å². The van der Waals surface area contributed by atoms with E-state index >= 15 is 0 Å². The van der Waals surface area contributed by atoms with Gasteiger partial charge in [0, 0.05) is 24.4 Å². The van der Waals surface area contributed by atoms with Crippen molar-refractivity contribution in [2.24, 2.45) is 0 Å². The van der Waals surface area contributed by atoms with Crippen molar-refractivity contribution in [1.82, 2.24) is 20.3 Å². The molecule has 0 atom stereocenters. The van der Waals surface area contributed by atoms with Crippen LogP contribution in [0.5, 0.6) is 11.5 Å². The normalized spacial score (nSPS) is 14.1. The molecule has 32 heavy (non-hydrogen) atoms. The van der Waals surface area contributed by atoms with E-state index in [-0.39, 0.29) is 18.1 Å². The van der Waals surface area contributed by atoms with Crippen LogP contribution in [0.15, 0.2) is 30.3 Å². The molecule has 1 aromatic heterocycles. The number of piperidine rings is 1. The Morgan fingerprint density at radius 3 is 2.44 bits per heavy atom. The highest BCUT2D eigenvalue weighted by molar-refractivity contribution is 5.92. The number of nitrogens with one attached hydrogen (secondary N) is 1. The first-order valence-corrected chi connectivity index (χ1v) is 10.4. The number of aromatic nitrogens is 3. The van der Waals surface area contributed by atoms with Gasteiger partial charge in [-0.25, -0.2) is 8.78 Å². The van der Waals surface area contributed by atoms with Crippen LogP contribution >= 0.6 is 12.4 Å². The molecule has 1 N–H and O–H groups in total. The summed E-state index contributed by atoms with van der Waals surface area (Å²) in [5.41, 5.74) is 0.748. The van der Waals surface area contributed by atoms with E-state index < -0.39 is 11.6 Å². The first-order chi connectivity index (χ1) is 15.1. The maximum Gasteiger partial charge on any atom is 0.164 e. The van der Waals surface area contributed by atoms with Crippen LogP contribution in [0, 0.1) is 11.6 Å². The third-order valence-electron chi connectivity index (χ3n) is 5.28. The van der Waals surface area contributed by atoms with Crippen LogP contribution in [0.2, 0.25) is 0 Å². The molecule has 1 aliphatic rings. The van der Waals surface area contributed by atoms with E-state index in [1.807, 2.05) is 0 Å². The highest BCUT2D eigenvalue weighted by Gasteiger charge is 2.14. The fourth-order valence-corrected chi connectivity index (χ4v) is 3.77. The van der Waals surface area contributed by atoms with Gasteiger partial charge in [0.15, 0.2) is 17.3 Å². The van der Waals surface area contributed by atoms with Crippen molar-refractivity contribution < 1.29 is 18.3 Å². The van der Waals surface area contributed by atoms with Crippen LogP contribution in [0.4, 0.5) is 20.3 Å². The van der Waals surface area contributed by atoms with Crippen molar-refractivity contribution in [3.63, 3.8) is 0 Å². The molecular formula is C22H26ClF2N5O2. The second kappa shape index (κ2) is 11.2. The van der Waals surface area contributed by atoms with Gasteiger partial charge < -0.3 is 19.7 Å². The topological polar surface area (TPSA) is 72.4 Å². The summed E-state index contributed by atoms with van der Waals surface area (Å²) in [4.78, 5) is 2.47. The zero-order valence-corrected chi connectivity index (χ0v) is 18.6. The Morgan fingerprint density at radius 1 is 0.969 bits per heavy atom. The predicted octanol–water partition coefficient (Wildman–Crippen LogP) is 4.73. The van der Waals surface area contributed by atoms with E-state index in [1.54, 1.807) is 19.2 Å². The molecule has 2 aromatic carbocycles. The summed E-state index contributed by atoms with van der Waals surface area (Å²) in [6.45, 7) is 3.89. The lowest BCUT2D eigenvalue weighted by atomic mass is 10.1. The molecule has 7 nitrogen and oxygen atoms in total. The number of hydrogen-bond acceptors (Lipinski definition) is 7. The fourth-order valence-electron chi connectivity index (χ4n) is 3.77. The van der Waals surface area contributed by atoms with Crippen LogP contribution in [0.1, 0.15) is 25.7 Å². The molecule has 0 saturated carbocycles. The largest absolute Gasteiger partial charge is 0.493 e. The van der Waals surface area contributed by atoms with Crippen LogP contribution in [0.25, 0.3) is 10.9 Å². The maximum absolute atomic E-state index is 13.5. The van der Waals surface area contributed by atoms with Gasteiger partial charge in [0.25, 0.3) is 0 Å². The SMILES string of the molecule is COc1cc2c(Nc3cc(F)cc(F)c3)nnnc2cc1OCCCN1CCCCC1.Cl. The van der Waals surface area contributed by atoms with Gasteiger partial charge >= 0.3 is 0 Å². The van der Waals surface area contributed by atoms with Gasteiger partial charge in [0.05, 0.1) is 19.1 Å². The van der Waals surface area contributed by atoms with Crippen LogP contribution in [-0.2, 0) is 0 Å². The van der Waals surface area contributed by atoms with E-state index in [2.05, 4.69) is 25.6 Å².